The first-order valence-corrected chi connectivity index (χ1v) is 7.68. The summed E-state index contributed by atoms with van der Waals surface area (Å²) in [5, 5.41) is 2.78. The minimum absolute atomic E-state index is 0.200. The summed E-state index contributed by atoms with van der Waals surface area (Å²) in [5.74, 6) is -0.291. The summed E-state index contributed by atoms with van der Waals surface area (Å²) in [7, 11) is 1.34. The molecule has 0 fully saturated rings. The zero-order valence-electron chi connectivity index (χ0n) is 12.8. The molecule has 20 heavy (non-hydrogen) atoms. The molecule has 0 spiro atoms. The molecule has 1 heterocycles. The van der Waals surface area contributed by atoms with E-state index in [9.17, 15) is 9.59 Å². The van der Waals surface area contributed by atoms with Crippen LogP contribution in [0.1, 0.15) is 47.3 Å². The van der Waals surface area contributed by atoms with Crippen LogP contribution in [0.15, 0.2) is 6.07 Å². The third-order valence-corrected chi connectivity index (χ3v) is 4.44. The number of carbonyl (C=O) groups excluding carboxylic acids is 2. The molecule has 0 aliphatic rings. The maximum Gasteiger partial charge on any atom is 0.328 e. The highest BCUT2D eigenvalue weighted by Gasteiger charge is 2.24. The van der Waals surface area contributed by atoms with Gasteiger partial charge >= 0.3 is 5.97 Å². The molecule has 1 aromatic heterocycles. The predicted molar refractivity (Wildman–Crippen MR) is 81.2 cm³/mol. The van der Waals surface area contributed by atoms with Crippen molar-refractivity contribution in [2.45, 2.75) is 46.6 Å². The van der Waals surface area contributed by atoms with E-state index in [2.05, 4.69) is 12.2 Å². The van der Waals surface area contributed by atoms with Gasteiger partial charge in [-0.25, -0.2) is 4.79 Å². The smallest absolute Gasteiger partial charge is 0.328 e. The molecule has 0 aliphatic heterocycles. The molecule has 0 saturated carbocycles. The largest absolute Gasteiger partial charge is 0.467 e. The molecule has 5 heteroatoms. The van der Waals surface area contributed by atoms with Crippen molar-refractivity contribution in [3.8, 4) is 0 Å². The number of hydrogen-bond donors (Lipinski definition) is 1. The van der Waals surface area contributed by atoms with Crippen molar-refractivity contribution in [2.75, 3.05) is 7.11 Å². The standard InChI is InChI=1S/C15H23NO3S/c1-6-12-10(4)8-13(20-12)14(17)16-11(7-9(2)3)15(18)19-5/h8-9,11H,6-7H2,1-5H3,(H,16,17)/t11-/m0/s1. The van der Waals surface area contributed by atoms with Crippen LogP contribution < -0.4 is 5.32 Å². The zero-order chi connectivity index (χ0) is 15.3. The van der Waals surface area contributed by atoms with Gasteiger partial charge in [-0.1, -0.05) is 20.8 Å². The number of methoxy groups -OCH3 is 1. The topological polar surface area (TPSA) is 55.4 Å². The third-order valence-electron chi connectivity index (χ3n) is 3.06. The maximum absolute atomic E-state index is 12.2. The van der Waals surface area contributed by atoms with Crippen molar-refractivity contribution >= 4 is 23.2 Å². The van der Waals surface area contributed by atoms with E-state index in [1.807, 2.05) is 26.8 Å². The van der Waals surface area contributed by atoms with E-state index < -0.39 is 12.0 Å². The summed E-state index contributed by atoms with van der Waals surface area (Å²) in [5.41, 5.74) is 1.13. The van der Waals surface area contributed by atoms with Gasteiger partial charge in [0.25, 0.3) is 5.91 Å². The lowest BCUT2D eigenvalue weighted by Gasteiger charge is -2.17. The minimum atomic E-state index is -0.583. The number of hydrogen-bond acceptors (Lipinski definition) is 4. The molecule has 1 aromatic rings. The molecule has 0 unspecified atom stereocenters. The molecule has 0 aliphatic carbocycles. The van der Waals surface area contributed by atoms with E-state index in [0.29, 0.717) is 17.2 Å². The predicted octanol–water partition coefficient (Wildman–Crippen LogP) is 2.94. The van der Waals surface area contributed by atoms with Crippen LogP contribution in [0.5, 0.6) is 0 Å². The first-order valence-electron chi connectivity index (χ1n) is 6.87. The summed E-state index contributed by atoms with van der Waals surface area (Å²) in [6.07, 6.45) is 1.49. The Morgan fingerprint density at radius 1 is 1.40 bits per heavy atom. The minimum Gasteiger partial charge on any atom is -0.467 e. The number of amides is 1. The number of nitrogens with one attached hydrogen (secondary N) is 1. The summed E-state index contributed by atoms with van der Waals surface area (Å²) in [6.45, 7) is 8.08. The van der Waals surface area contributed by atoms with Crippen LogP contribution in [-0.2, 0) is 16.0 Å². The Labute approximate surface area is 124 Å². The first kappa shape index (κ1) is 16.7. The summed E-state index contributed by atoms with van der Waals surface area (Å²) >= 11 is 1.48. The second-order valence-corrected chi connectivity index (χ2v) is 6.39. The van der Waals surface area contributed by atoms with Gasteiger partial charge < -0.3 is 10.1 Å². The van der Waals surface area contributed by atoms with Gasteiger partial charge in [-0.15, -0.1) is 11.3 Å². The van der Waals surface area contributed by atoms with E-state index >= 15 is 0 Å². The molecular formula is C15H23NO3S. The molecule has 1 rings (SSSR count). The summed E-state index contributed by atoms with van der Waals surface area (Å²) in [4.78, 5) is 25.8. The van der Waals surface area contributed by atoms with E-state index in [1.54, 1.807) is 0 Å². The van der Waals surface area contributed by atoms with Crippen LogP contribution in [0.4, 0.5) is 0 Å². The number of ether oxygens (including phenoxy) is 1. The monoisotopic (exact) mass is 297 g/mol. The van der Waals surface area contributed by atoms with Gasteiger partial charge in [0.1, 0.15) is 6.04 Å². The summed E-state index contributed by atoms with van der Waals surface area (Å²) < 4.78 is 4.75. The third kappa shape index (κ3) is 4.34. The van der Waals surface area contributed by atoms with Crippen LogP contribution in [-0.4, -0.2) is 25.0 Å². The van der Waals surface area contributed by atoms with Crippen molar-refractivity contribution in [1.82, 2.24) is 5.32 Å². The van der Waals surface area contributed by atoms with Gasteiger partial charge in [-0.2, -0.15) is 0 Å². The molecule has 1 amide bonds. The fourth-order valence-electron chi connectivity index (χ4n) is 2.04. The zero-order valence-corrected chi connectivity index (χ0v) is 13.6. The van der Waals surface area contributed by atoms with Gasteiger partial charge in [-0.05, 0) is 37.3 Å². The van der Waals surface area contributed by atoms with E-state index in [0.717, 1.165) is 12.0 Å². The fraction of sp³-hybridized carbons (Fsp3) is 0.600. The first-order chi connectivity index (χ1) is 9.38. The Balaban J connectivity index is 2.81. The number of aryl methyl sites for hydroxylation is 2. The average Bonchev–Trinajstić information content (AvgIpc) is 2.77. The lowest BCUT2D eigenvalue weighted by Crippen LogP contribution is -2.42. The van der Waals surface area contributed by atoms with Crippen molar-refractivity contribution in [3.63, 3.8) is 0 Å². The molecule has 1 N–H and O–H groups in total. The van der Waals surface area contributed by atoms with Crippen LogP contribution in [0.3, 0.4) is 0 Å². The van der Waals surface area contributed by atoms with Crippen LogP contribution in [0.2, 0.25) is 0 Å². The second kappa shape index (κ2) is 7.43. The fourth-order valence-corrected chi connectivity index (χ4v) is 3.06. The Bertz CT molecular complexity index is 479. The molecule has 0 radical (unpaired) electrons. The van der Waals surface area contributed by atoms with Crippen molar-refractivity contribution in [3.05, 3.63) is 21.4 Å². The van der Waals surface area contributed by atoms with E-state index in [-0.39, 0.29) is 5.91 Å². The SMILES string of the molecule is CCc1sc(C(=O)N[C@@H](CC(C)C)C(=O)OC)cc1C. The molecule has 112 valence electrons. The highest BCUT2D eigenvalue weighted by molar-refractivity contribution is 7.14. The number of carbonyl (C=O) groups is 2. The van der Waals surface area contributed by atoms with Gasteiger partial charge in [0.15, 0.2) is 0 Å². The van der Waals surface area contributed by atoms with Crippen LogP contribution in [0, 0.1) is 12.8 Å². The molecule has 0 bridgehead atoms. The van der Waals surface area contributed by atoms with Crippen molar-refractivity contribution < 1.29 is 14.3 Å². The Morgan fingerprint density at radius 3 is 2.50 bits per heavy atom. The quantitative estimate of drug-likeness (QED) is 0.821. The average molecular weight is 297 g/mol. The Morgan fingerprint density at radius 2 is 2.05 bits per heavy atom. The lowest BCUT2D eigenvalue weighted by atomic mass is 10.0. The van der Waals surface area contributed by atoms with Gasteiger partial charge in [0.2, 0.25) is 0 Å². The lowest BCUT2D eigenvalue weighted by molar-refractivity contribution is -0.143. The number of thiophene rings is 1. The second-order valence-electron chi connectivity index (χ2n) is 5.25. The highest BCUT2D eigenvalue weighted by atomic mass is 32.1. The van der Waals surface area contributed by atoms with Gasteiger partial charge in [0, 0.05) is 4.88 Å². The molecule has 4 nitrogen and oxygen atoms in total. The van der Waals surface area contributed by atoms with E-state index in [4.69, 9.17) is 4.74 Å². The maximum atomic E-state index is 12.2. The number of rotatable bonds is 6. The van der Waals surface area contributed by atoms with E-state index in [1.165, 1.54) is 23.3 Å². The normalized spacial score (nSPS) is 12.3. The summed E-state index contributed by atoms with van der Waals surface area (Å²) in [6, 6.07) is 1.29. The Kier molecular flexibility index (Phi) is 6.20. The van der Waals surface area contributed by atoms with Gasteiger partial charge in [0.05, 0.1) is 12.0 Å². The molecule has 1 atom stereocenters. The number of esters is 1. The van der Waals surface area contributed by atoms with Crippen molar-refractivity contribution in [2.24, 2.45) is 5.92 Å². The molecule has 0 saturated heterocycles. The molecular weight excluding hydrogens is 274 g/mol. The van der Waals surface area contributed by atoms with Crippen LogP contribution >= 0.6 is 11.3 Å². The molecule has 0 aromatic carbocycles. The van der Waals surface area contributed by atoms with Crippen molar-refractivity contribution in [1.29, 1.82) is 0 Å². The van der Waals surface area contributed by atoms with Gasteiger partial charge in [-0.3, -0.25) is 4.79 Å². The van der Waals surface area contributed by atoms with Crippen LogP contribution in [0.25, 0.3) is 0 Å². The highest BCUT2D eigenvalue weighted by Crippen LogP contribution is 2.22. The Hall–Kier alpha value is -1.36.